The fraction of sp³-hybridized carbons (Fsp3) is 0.0625. The molecule has 4 N–H and O–H groups in total. The van der Waals surface area contributed by atoms with Crippen LogP contribution in [-0.4, -0.2) is 84.1 Å². The van der Waals surface area contributed by atoms with Crippen LogP contribution in [0.1, 0.15) is 5.82 Å². The Balaban J connectivity index is 0.000000296. The second-order valence-electron chi connectivity index (χ2n) is 7.19. The monoisotopic (exact) mass is 669 g/mol. The number of nitro groups is 7. The highest BCUT2D eigenvalue weighted by Gasteiger charge is 2.15. The molecule has 0 atom stereocenters. The summed E-state index contributed by atoms with van der Waals surface area (Å²) in [4.78, 5) is 91.0. The highest BCUT2D eigenvalue weighted by Crippen LogP contribution is 2.11. The second kappa shape index (κ2) is 17.7. The molecule has 0 unspecified atom stereocenters. The molecule has 0 amide bonds. The van der Waals surface area contributed by atoms with Gasteiger partial charge in [0, 0.05) is 6.92 Å². The topological polar surface area (TPSA) is 435 Å². The van der Waals surface area contributed by atoms with Crippen LogP contribution in [0.15, 0.2) is 49.8 Å². The number of nitrogens with one attached hydrogen (secondary N) is 4. The lowest BCUT2D eigenvalue weighted by Gasteiger charge is -1.87. The molecule has 5 aromatic rings. The van der Waals surface area contributed by atoms with Crippen LogP contribution in [-0.2, 0) is 0 Å². The smallest absolute Gasteiger partial charge is 0.390 e. The number of aromatic amines is 4. The molecule has 0 radical (unpaired) electrons. The minimum absolute atomic E-state index is 0.0625. The Kier molecular flexibility index (Phi) is 13.9. The Morgan fingerprint density at radius 3 is 1.45 bits per heavy atom. The summed E-state index contributed by atoms with van der Waals surface area (Å²) in [5.41, 5.74) is 0. The molecule has 0 spiro atoms. The van der Waals surface area contributed by atoms with Crippen molar-refractivity contribution >= 4 is 35.2 Å². The number of aromatic nitrogens is 10. The fourth-order valence-corrected chi connectivity index (χ4v) is 2.18. The Morgan fingerprint density at radius 2 is 1.19 bits per heavy atom. The van der Waals surface area contributed by atoms with Gasteiger partial charge in [-0.05, 0) is 39.2 Å². The van der Waals surface area contributed by atoms with E-state index in [1.807, 2.05) is 4.98 Å². The van der Waals surface area contributed by atoms with Crippen LogP contribution in [0.5, 0.6) is 0 Å². The van der Waals surface area contributed by atoms with E-state index in [1.165, 1.54) is 24.9 Å². The summed E-state index contributed by atoms with van der Waals surface area (Å²) >= 11 is 0. The van der Waals surface area contributed by atoms with Crippen molar-refractivity contribution < 1.29 is 34.6 Å². The van der Waals surface area contributed by atoms with E-state index in [1.54, 1.807) is 6.92 Å². The van der Waals surface area contributed by atoms with Crippen molar-refractivity contribution in [2.24, 2.45) is 0 Å². The minimum atomic E-state index is -0.840. The maximum atomic E-state index is 9.95. The molecule has 0 bridgehead atoms. The molecule has 31 nitrogen and oxygen atoms in total. The maximum Gasteiger partial charge on any atom is 0.435 e. The highest BCUT2D eigenvalue weighted by atomic mass is 16.7. The number of imidazole rings is 5. The maximum absolute atomic E-state index is 9.95. The molecule has 0 aliphatic heterocycles. The van der Waals surface area contributed by atoms with Gasteiger partial charge in [0.15, 0.2) is 29.6 Å². The van der Waals surface area contributed by atoms with Gasteiger partial charge in [-0.15, -0.1) is 0 Å². The van der Waals surface area contributed by atoms with E-state index in [2.05, 4.69) is 39.9 Å². The zero-order chi connectivity index (χ0) is 35.7. The quantitative estimate of drug-likeness (QED) is 0.140. The highest BCUT2D eigenvalue weighted by molar-refractivity contribution is 5.21. The lowest BCUT2D eigenvalue weighted by Crippen LogP contribution is -2.04. The first-order valence-corrected chi connectivity index (χ1v) is 11.1. The van der Waals surface area contributed by atoms with Crippen molar-refractivity contribution in [1.82, 2.24) is 49.5 Å². The molecule has 0 saturated heterocycles. The van der Waals surface area contributed by atoms with Gasteiger partial charge in [0.1, 0.15) is 18.6 Å². The Hall–Kier alpha value is -8.15. The predicted molar refractivity (Wildman–Crippen MR) is 144 cm³/mol. The lowest BCUT2D eigenvalue weighted by atomic mass is 10.7. The zero-order valence-corrected chi connectivity index (χ0v) is 22.6. The molecule has 0 fully saturated rings. The van der Waals surface area contributed by atoms with Gasteiger partial charge in [-0.2, -0.15) is 4.98 Å². The van der Waals surface area contributed by atoms with Crippen LogP contribution in [0.3, 0.4) is 0 Å². The first-order valence-electron chi connectivity index (χ1n) is 11.1. The number of nitrogens with zero attached hydrogens (tertiary/aromatic N) is 13. The second-order valence-corrected chi connectivity index (χ2v) is 7.19. The Labute approximate surface area is 253 Å². The fourth-order valence-electron chi connectivity index (χ4n) is 2.18. The number of hydrogen-bond donors (Lipinski definition) is 4. The van der Waals surface area contributed by atoms with Crippen LogP contribution in [0.25, 0.3) is 0 Å². The van der Waals surface area contributed by atoms with Crippen LogP contribution in [0.2, 0.25) is 0 Å². The normalized spacial score (nSPS) is 9.30. The van der Waals surface area contributed by atoms with Crippen molar-refractivity contribution in [3.8, 4) is 0 Å². The van der Waals surface area contributed by atoms with E-state index in [9.17, 15) is 70.8 Å². The Bertz CT molecular complexity index is 1640. The van der Waals surface area contributed by atoms with Gasteiger partial charge in [0.05, 0.1) is 6.20 Å². The van der Waals surface area contributed by atoms with Gasteiger partial charge in [-0.1, -0.05) is 9.97 Å². The molecule has 5 rings (SSSR count). The average Bonchev–Trinajstić information content (AvgIpc) is 3.84. The number of aryl methyl sites for hydroxylation is 1. The molecular weight excluding hydrogens is 654 g/mol. The minimum Gasteiger partial charge on any atom is -0.390 e. The van der Waals surface area contributed by atoms with Crippen LogP contribution < -0.4 is 0 Å². The van der Waals surface area contributed by atoms with Gasteiger partial charge in [0.2, 0.25) is 0 Å². The first kappa shape index (κ1) is 36.9. The SMILES string of the molecule is Cc1ncc([N+](=O)[O-])[nH]1.O=[N+]([O-])c1cn([N+](=O)[O-])cn1.O=[N+]([O-])c1cnc([N+](=O)[O-])[nH]1.O=[N+]([O-])c1cnc[nH]1.O=[N+]([O-])c1ncc[nH]1. The summed E-state index contributed by atoms with van der Waals surface area (Å²) in [6.45, 7) is 1.66. The predicted octanol–water partition coefficient (Wildman–Crippen LogP) is 1.32. The van der Waals surface area contributed by atoms with Crippen LogP contribution in [0, 0.1) is 77.7 Å². The molecule has 47 heavy (non-hydrogen) atoms. The largest absolute Gasteiger partial charge is 0.435 e. The third-order valence-corrected chi connectivity index (χ3v) is 4.07. The van der Waals surface area contributed by atoms with Crippen molar-refractivity contribution in [2.75, 3.05) is 0 Å². The van der Waals surface area contributed by atoms with Crippen molar-refractivity contribution in [1.29, 1.82) is 0 Å². The third-order valence-electron chi connectivity index (χ3n) is 4.07. The van der Waals surface area contributed by atoms with Crippen molar-refractivity contribution in [2.45, 2.75) is 6.92 Å². The van der Waals surface area contributed by atoms with E-state index in [4.69, 9.17) is 0 Å². The van der Waals surface area contributed by atoms with E-state index in [0.717, 1.165) is 24.9 Å². The van der Waals surface area contributed by atoms with E-state index in [-0.39, 0.29) is 17.6 Å². The standard InChI is InChI=1S/C4H5N3O2.2C3H2N4O4.2C3H3N3O2/c1-3-5-2-4(6-3)7(8)9;8-6(9)3-1-5(2-4-3)7(10)11;8-6(9)2-1-4-3(5-2)7(10)11;7-6(8)3-1-4-2-5-3;7-6(8)3-4-1-2-5-3/h2H,1H3,(H,5,6);1-2H;1H,(H,4,5);2*1-2H,(H,4,5). The van der Waals surface area contributed by atoms with E-state index < -0.39 is 52.2 Å². The molecule has 0 aliphatic carbocycles. The van der Waals surface area contributed by atoms with Crippen LogP contribution >= 0.6 is 0 Å². The number of H-pyrrole nitrogens is 4. The van der Waals surface area contributed by atoms with E-state index >= 15 is 0 Å². The molecule has 5 heterocycles. The summed E-state index contributed by atoms with van der Waals surface area (Å²) in [6.07, 6.45) is 8.61. The molecule has 31 heteroatoms. The van der Waals surface area contributed by atoms with Gasteiger partial charge < -0.3 is 60.7 Å². The Morgan fingerprint density at radius 1 is 0.617 bits per heavy atom. The van der Waals surface area contributed by atoms with Gasteiger partial charge >= 0.3 is 35.2 Å². The number of hydrogen-bond acceptors (Lipinski definition) is 19. The molecule has 5 aromatic heterocycles. The molecule has 248 valence electrons. The molecule has 0 aromatic carbocycles. The van der Waals surface area contributed by atoms with Crippen molar-refractivity contribution in [3.63, 3.8) is 0 Å². The summed E-state index contributed by atoms with van der Waals surface area (Å²) in [6, 6.07) is 0. The van der Waals surface area contributed by atoms with Crippen LogP contribution in [0.4, 0.5) is 35.2 Å². The van der Waals surface area contributed by atoms with Gasteiger partial charge in [-0.3, -0.25) is 0 Å². The summed E-state index contributed by atoms with van der Waals surface area (Å²) in [7, 11) is 0. The lowest BCUT2D eigenvalue weighted by molar-refractivity contribution is -0.542. The third kappa shape index (κ3) is 13.1. The molecular formula is C16H15N17O14. The van der Waals surface area contributed by atoms with Gasteiger partial charge in [-0.25, -0.2) is 35.0 Å². The average molecular weight is 669 g/mol. The van der Waals surface area contributed by atoms with Gasteiger partial charge in [0.25, 0.3) is 6.33 Å². The summed E-state index contributed by atoms with van der Waals surface area (Å²) in [5, 5.41) is 68.5. The summed E-state index contributed by atoms with van der Waals surface area (Å²) in [5.74, 6) is -1.46. The first-order chi connectivity index (χ1) is 22.0. The molecule has 0 aliphatic rings. The van der Waals surface area contributed by atoms with Crippen molar-refractivity contribution in [3.05, 3.63) is 126 Å². The zero-order valence-electron chi connectivity index (χ0n) is 22.6. The summed E-state index contributed by atoms with van der Waals surface area (Å²) < 4.78 is 0.415. The van der Waals surface area contributed by atoms with E-state index in [0.29, 0.717) is 10.5 Å². The molecule has 0 saturated carbocycles. The number of rotatable bonds is 7.